The summed E-state index contributed by atoms with van der Waals surface area (Å²) in [6.45, 7) is 4.23. The molecule has 1 amide bonds. The molecule has 8 heteroatoms. The Morgan fingerprint density at radius 2 is 1.72 bits per heavy atom. The average Bonchev–Trinajstić information content (AvgIpc) is 2.65. The second-order valence-corrected chi connectivity index (χ2v) is 8.11. The second kappa shape index (κ2) is 11.3. The molecule has 6 nitrogen and oxygen atoms in total. The zero-order chi connectivity index (χ0) is 22.2. The largest absolute Gasteiger partial charge is 0.385 e. The molecule has 29 heavy (non-hydrogen) atoms. The van der Waals surface area contributed by atoms with Gasteiger partial charge in [0.1, 0.15) is 6.10 Å². The number of carbonyl (C=O) groups is 2. The van der Waals surface area contributed by atoms with Gasteiger partial charge in [-0.25, -0.2) is 8.78 Å². The van der Waals surface area contributed by atoms with Crippen LogP contribution in [0.5, 0.6) is 0 Å². The Labute approximate surface area is 171 Å². The molecular formula is C21H33F2N3O3. The lowest BCUT2D eigenvalue weighted by Crippen LogP contribution is -2.53. The number of rotatable bonds is 12. The quantitative estimate of drug-likeness (QED) is 0.415. The Morgan fingerprint density at radius 1 is 1.14 bits per heavy atom. The van der Waals surface area contributed by atoms with Crippen LogP contribution in [0.1, 0.15) is 39.2 Å². The number of carbonyl (C=O) groups excluding carboxylic acids is 2. The van der Waals surface area contributed by atoms with Crippen LogP contribution in [0, 0.1) is 11.8 Å². The SMILES string of the molecule is CC(C)CC(N)C(O)C(F)(F)CNC(=O)CC(C)C(N)C(=O)Cc1ccccc1. The van der Waals surface area contributed by atoms with Gasteiger partial charge in [0.05, 0.1) is 12.6 Å². The van der Waals surface area contributed by atoms with Crippen LogP contribution in [0.4, 0.5) is 8.78 Å². The van der Waals surface area contributed by atoms with E-state index in [0.29, 0.717) is 0 Å². The molecule has 0 fully saturated rings. The number of hydrogen-bond acceptors (Lipinski definition) is 5. The van der Waals surface area contributed by atoms with Crippen molar-refractivity contribution in [3.63, 3.8) is 0 Å². The van der Waals surface area contributed by atoms with E-state index >= 15 is 0 Å². The van der Waals surface area contributed by atoms with Crippen LogP contribution in [0.3, 0.4) is 0 Å². The van der Waals surface area contributed by atoms with Crippen molar-refractivity contribution in [2.45, 2.75) is 64.1 Å². The fourth-order valence-corrected chi connectivity index (χ4v) is 3.03. The molecule has 4 unspecified atom stereocenters. The van der Waals surface area contributed by atoms with Crippen molar-refractivity contribution in [2.75, 3.05) is 6.54 Å². The minimum atomic E-state index is -3.56. The Kier molecular flexibility index (Phi) is 9.82. The van der Waals surface area contributed by atoms with Gasteiger partial charge in [0, 0.05) is 18.9 Å². The predicted octanol–water partition coefficient (Wildman–Crippen LogP) is 1.64. The summed E-state index contributed by atoms with van der Waals surface area (Å²) in [7, 11) is 0. The van der Waals surface area contributed by atoms with Gasteiger partial charge in [-0.2, -0.15) is 0 Å². The molecule has 6 N–H and O–H groups in total. The molecule has 4 atom stereocenters. The fourth-order valence-electron chi connectivity index (χ4n) is 3.03. The molecule has 0 saturated carbocycles. The van der Waals surface area contributed by atoms with Crippen LogP contribution in [0.2, 0.25) is 0 Å². The number of halogens is 2. The molecule has 1 aromatic rings. The number of nitrogens with two attached hydrogens (primary N) is 2. The standard InChI is InChI=1S/C21H33F2N3O3/c1-13(2)9-16(24)20(29)21(22,23)12-26-18(28)10-14(3)19(25)17(27)11-15-7-5-4-6-8-15/h4-8,13-14,16,19-20,29H,9-12,24-25H2,1-3H3,(H,26,28). The number of aliphatic hydroxyl groups excluding tert-OH is 1. The van der Waals surface area contributed by atoms with E-state index in [1.807, 2.05) is 32.0 Å². The Bertz CT molecular complexity index is 656. The summed E-state index contributed by atoms with van der Waals surface area (Å²) >= 11 is 0. The minimum Gasteiger partial charge on any atom is -0.385 e. The van der Waals surface area contributed by atoms with E-state index in [9.17, 15) is 23.5 Å². The highest BCUT2D eigenvalue weighted by molar-refractivity contribution is 5.87. The van der Waals surface area contributed by atoms with E-state index in [1.165, 1.54) is 0 Å². The number of ketones is 1. The van der Waals surface area contributed by atoms with E-state index in [4.69, 9.17) is 11.5 Å². The van der Waals surface area contributed by atoms with Crippen LogP contribution in [0.25, 0.3) is 0 Å². The number of aliphatic hydroxyl groups is 1. The third-order valence-electron chi connectivity index (χ3n) is 4.82. The van der Waals surface area contributed by atoms with Gasteiger partial charge < -0.3 is 21.9 Å². The molecular weight excluding hydrogens is 380 g/mol. The Balaban J connectivity index is 2.50. The first kappa shape index (κ1) is 25.1. The highest BCUT2D eigenvalue weighted by Crippen LogP contribution is 2.22. The van der Waals surface area contributed by atoms with Gasteiger partial charge in [-0.1, -0.05) is 51.1 Å². The van der Waals surface area contributed by atoms with Crippen LogP contribution in [-0.2, 0) is 16.0 Å². The zero-order valence-electron chi connectivity index (χ0n) is 17.3. The molecule has 0 heterocycles. The van der Waals surface area contributed by atoms with Crippen molar-refractivity contribution in [2.24, 2.45) is 23.3 Å². The van der Waals surface area contributed by atoms with Crippen molar-refractivity contribution >= 4 is 11.7 Å². The van der Waals surface area contributed by atoms with E-state index < -0.39 is 42.5 Å². The maximum atomic E-state index is 14.1. The summed E-state index contributed by atoms with van der Waals surface area (Å²) in [6.07, 6.45) is -1.85. The van der Waals surface area contributed by atoms with Crippen LogP contribution in [0.15, 0.2) is 30.3 Å². The van der Waals surface area contributed by atoms with Crippen molar-refractivity contribution in [3.05, 3.63) is 35.9 Å². The van der Waals surface area contributed by atoms with Crippen molar-refractivity contribution in [1.82, 2.24) is 5.32 Å². The first-order chi connectivity index (χ1) is 13.4. The molecule has 0 bridgehead atoms. The van der Waals surface area contributed by atoms with Crippen LogP contribution >= 0.6 is 0 Å². The number of hydrogen-bond donors (Lipinski definition) is 4. The highest BCUT2D eigenvalue weighted by atomic mass is 19.3. The van der Waals surface area contributed by atoms with Crippen molar-refractivity contribution < 1.29 is 23.5 Å². The van der Waals surface area contributed by atoms with Crippen molar-refractivity contribution in [1.29, 1.82) is 0 Å². The molecule has 0 aliphatic rings. The average molecular weight is 414 g/mol. The molecule has 1 rings (SSSR count). The lowest BCUT2D eigenvalue weighted by molar-refractivity contribution is -0.133. The Hall–Kier alpha value is -1.90. The fraction of sp³-hybridized carbons (Fsp3) is 0.619. The summed E-state index contributed by atoms with van der Waals surface area (Å²) in [5.74, 6) is -4.91. The molecule has 0 spiro atoms. The predicted molar refractivity (Wildman–Crippen MR) is 108 cm³/mol. The maximum Gasteiger partial charge on any atom is 0.291 e. The van der Waals surface area contributed by atoms with Gasteiger partial charge in [0.15, 0.2) is 5.78 Å². The zero-order valence-corrected chi connectivity index (χ0v) is 17.3. The van der Waals surface area contributed by atoms with Gasteiger partial charge in [-0.05, 0) is 23.8 Å². The van der Waals surface area contributed by atoms with Crippen molar-refractivity contribution in [3.8, 4) is 0 Å². The molecule has 164 valence electrons. The highest BCUT2D eigenvalue weighted by Gasteiger charge is 2.42. The molecule has 0 radical (unpaired) electrons. The molecule has 0 aliphatic carbocycles. The summed E-state index contributed by atoms with van der Waals surface area (Å²) in [5, 5.41) is 11.9. The number of alkyl halides is 2. The van der Waals surface area contributed by atoms with Gasteiger partial charge >= 0.3 is 0 Å². The first-order valence-corrected chi connectivity index (χ1v) is 9.84. The summed E-state index contributed by atoms with van der Waals surface area (Å²) < 4.78 is 28.2. The van der Waals surface area contributed by atoms with Gasteiger partial charge in [-0.15, -0.1) is 0 Å². The molecule has 1 aromatic carbocycles. The first-order valence-electron chi connectivity index (χ1n) is 9.84. The van der Waals surface area contributed by atoms with E-state index in [2.05, 4.69) is 5.32 Å². The third-order valence-corrected chi connectivity index (χ3v) is 4.82. The molecule has 0 aliphatic heterocycles. The van der Waals surface area contributed by atoms with Gasteiger partial charge in [-0.3, -0.25) is 9.59 Å². The van der Waals surface area contributed by atoms with E-state index in [-0.39, 0.29) is 31.0 Å². The monoisotopic (exact) mass is 413 g/mol. The summed E-state index contributed by atoms with van der Waals surface area (Å²) in [4.78, 5) is 24.3. The lowest BCUT2D eigenvalue weighted by Gasteiger charge is -2.28. The number of amides is 1. The minimum absolute atomic E-state index is 0.0563. The molecule has 0 saturated heterocycles. The normalized spacial score (nSPS) is 16.2. The maximum absolute atomic E-state index is 14.1. The lowest BCUT2D eigenvalue weighted by atomic mass is 9.92. The number of Topliss-reactive ketones (excluding diaryl/α,β-unsaturated/α-hetero) is 1. The van der Waals surface area contributed by atoms with E-state index in [0.717, 1.165) is 5.56 Å². The Morgan fingerprint density at radius 3 is 2.28 bits per heavy atom. The number of benzene rings is 1. The third kappa shape index (κ3) is 8.55. The second-order valence-electron chi connectivity index (χ2n) is 8.11. The smallest absolute Gasteiger partial charge is 0.291 e. The summed E-state index contributed by atoms with van der Waals surface area (Å²) in [6, 6.07) is 7.10. The summed E-state index contributed by atoms with van der Waals surface area (Å²) in [5.41, 5.74) is 12.4. The number of nitrogens with one attached hydrogen (secondary N) is 1. The topological polar surface area (TPSA) is 118 Å². The molecule has 0 aromatic heterocycles. The van der Waals surface area contributed by atoms with Gasteiger partial charge in [0.2, 0.25) is 5.91 Å². The van der Waals surface area contributed by atoms with E-state index in [1.54, 1.807) is 19.1 Å². The van der Waals surface area contributed by atoms with Crippen LogP contribution < -0.4 is 16.8 Å². The van der Waals surface area contributed by atoms with Gasteiger partial charge in [0.25, 0.3) is 5.92 Å². The van der Waals surface area contributed by atoms with Crippen LogP contribution in [-0.4, -0.2) is 47.5 Å².